The molecule has 1 unspecified atom stereocenters. The van der Waals surface area contributed by atoms with Gasteiger partial charge in [-0.2, -0.15) is 13.2 Å². The molecule has 8 nitrogen and oxygen atoms in total. The second kappa shape index (κ2) is 8.13. The van der Waals surface area contributed by atoms with Crippen LogP contribution < -0.4 is 10.6 Å². The summed E-state index contributed by atoms with van der Waals surface area (Å²) < 4.78 is 36.7. The lowest BCUT2D eigenvalue weighted by Gasteiger charge is -2.16. The zero-order valence-corrected chi connectivity index (χ0v) is 12.2. The van der Waals surface area contributed by atoms with Gasteiger partial charge < -0.3 is 15.7 Å². The molecule has 0 aliphatic rings. The number of rotatable bonds is 8. The van der Waals surface area contributed by atoms with Gasteiger partial charge in [0.05, 0.1) is 11.3 Å². The van der Waals surface area contributed by atoms with Gasteiger partial charge in [0.25, 0.3) is 5.69 Å². The molecule has 0 fully saturated rings. The molecule has 0 saturated heterocycles. The minimum absolute atomic E-state index is 0.116. The minimum atomic E-state index is -4.74. The Morgan fingerprint density at radius 3 is 2.46 bits per heavy atom. The second-order valence-electron chi connectivity index (χ2n) is 4.73. The monoisotopic (exact) mass is 349 g/mol. The highest BCUT2D eigenvalue weighted by Crippen LogP contribution is 2.23. The number of anilines is 1. The number of nitrogens with zero attached hydrogens (tertiary/aromatic N) is 1. The van der Waals surface area contributed by atoms with Gasteiger partial charge in [0, 0.05) is 19.0 Å². The summed E-state index contributed by atoms with van der Waals surface area (Å²) in [5.74, 6) is -2.72. The van der Waals surface area contributed by atoms with Crippen LogP contribution in [0.4, 0.5) is 24.5 Å². The van der Waals surface area contributed by atoms with Crippen molar-refractivity contribution in [2.75, 3.05) is 11.9 Å². The number of carboxylic acids is 1. The summed E-state index contributed by atoms with van der Waals surface area (Å²) >= 11 is 0. The number of para-hydroxylation sites is 2. The number of nitro groups is 1. The summed E-state index contributed by atoms with van der Waals surface area (Å²) in [5, 5.41) is 23.8. The molecule has 0 heterocycles. The summed E-state index contributed by atoms with van der Waals surface area (Å²) in [5.41, 5.74) is -0.0845. The number of alkyl halides is 3. The number of hydrogen-bond acceptors (Lipinski definition) is 5. The molecule has 0 bridgehead atoms. The standard InChI is InChI=1S/C13H14F3N3O5/c14-13(15,16)7-9(12(21)22)18-11(20)5-6-17-8-3-1-2-4-10(8)19(23)24/h1-4,9,17H,5-7H2,(H,18,20)(H,21,22). The molecule has 0 aromatic heterocycles. The number of carbonyl (C=O) groups is 2. The van der Waals surface area contributed by atoms with Gasteiger partial charge in [0.1, 0.15) is 11.7 Å². The lowest BCUT2D eigenvalue weighted by molar-refractivity contribution is -0.384. The Kier molecular flexibility index (Phi) is 6.50. The number of carboxylic acid groups (broad SMARTS) is 1. The molecule has 0 radical (unpaired) electrons. The third-order valence-electron chi connectivity index (χ3n) is 2.84. The highest BCUT2D eigenvalue weighted by Gasteiger charge is 2.36. The first kappa shape index (κ1) is 19.2. The van der Waals surface area contributed by atoms with Crippen LogP contribution in [0.2, 0.25) is 0 Å². The zero-order valence-electron chi connectivity index (χ0n) is 12.2. The minimum Gasteiger partial charge on any atom is -0.480 e. The van der Waals surface area contributed by atoms with Crippen LogP contribution in [0.15, 0.2) is 24.3 Å². The number of carbonyl (C=O) groups excluding carboxylic acids is 1. The molecular weight excluding hydrogens is 335 g/mol. The molecule has 24 heavy (non-hydrogen) atoms. The van der Waals surface area contributed by atoms with E-state index in [0.717, 1.165) is 0 Å². The van der Waals surface area contributed by atoms with Crippen LogP contribution in [0.5, 0.6) is 0 Å². The third-order valence-corrected chi connectivity index (χ3v) is 2.84. The van der Waals surface area contributed by atoms with Gasteiger partial charge in [-0.25, -0.2) is 4.79 Å². The van der Waals surface area contributed by atoms with E-state index in [1.165, 1.54) is 24.3 Å². The van der Waals surface area contributed by atoms with Crippen LogP contribution >= 0.6 is 0 Å². The smallest absolute Gasteiger partial charge is 0.391 e. The van der Waals surface area contributed by atoms with E-state index in [0.29, 0.717) is 0 Å². The Labute approximate surface area is 133 Å². The number of amides is 1. The summed E-state index contributed by atoms with van der Waals surface area (Å²) in [4.78, 5) is 32.4. The van der Waals surface area contributed by atoms with Crippen molar-refractivity contribution in [2.45, 2.75) is 25.1 Å². The molecule has 0 saturated carbocycles. The summed E-state index contributed by atoms with van der Waals surface area (Å²) in [6, 6.07) is 3.54. The zero-order chi connectivity index (χ0) is 18.3. The maximum Gasteiger partial charge on any atom is 0.391 e. The highest BCUT2D eigenvalue weighted by atomic mass is 19.4. The average Bonchev–Trinajstić information content (AvgIpc) is 2.45. The molecule has 1 aromatic rings. The van der Waals surface area contributed by atoms with Crippen molar-refractivity contribution in [1.82, 2.24) is 5.32 Å². The van der Waals surface area contributed by atoms with Crippen molar-refractivity contribution in [1.29, 1.82) is 0 Å². The fraction of sp³-hybridized carbons (Fsp3) is 0.385. The molecule has 1 amide bonds. The molecule has 1 rings (SSSR count). The number of aliphatic carboxylic acids is 1. The quantitative estimate of drug-likeness (QED) is 0.487. The molecule has 11 heteroatoms. The van der Waals surface area contributed by atoms with Crippen LogP contribution in [-0.2, 0) is 9.59 Å². The van der Waals surface area contributed by atoms with Crippen molar-refractivity contribution in [3.05, 3.63) is 34.4 Å². The molecule has 0 spiro atoms. The first-order valence-corrected chi connectivity index (χ1v) is 6.66. The van der Waals surface area contributed by atoms with E-state index in [-0.39, 0.29) is 24.3 Å². The van der Waals surface area contributed by atoms with E-state index in [4.69, 9.17) is 5.11 Å². The van der Waals surface area contributed by atoms with Crippen molar-refractivity contribution >= 4 is 23.3 Å². The van der Waals surface area contributed by atoms with Gasteiger partial charge in [0.2, 0.25) is 5.91 Å². The van der Waals surface area contributed by atoms with Crippen LogP contribution in [0, 0.1) is 10.1 Å². The lowest BCUT2D eigenvalue weighted by atomic mass is 10.2. The first-order chi connectivity index (χ1) is 11.1. The van der Waals surface area contributed by atoms with Crippen LogP contribution in [-0.4, -0.2) is 40.7 Å². The number of hydrogen-bond donors (Lipinski definition) is 3. The summed E-state index contributed by atoms with van der Waals surface area (Å²) in [6.45, 7) is -0.116. The van der Waals surface area contributed by atoms with Crippen molar-refractivity contribution in [3.8, 4) is 0 Å². The number of halogens is 3. The molecule has 3 N–H and O–H groups in total. The van der Waals surface area contributed by atoms with E-state index in [2.05, 4.69) is 5.32 Å². The van der Waals surface area contributed by atoms with Gasteiger partial charge in [0.15, 0.2) is 0 Å². The van der Waals surface area contributed by atoms with E-state index in [9.17, 15) is 32.9 Å². The lowest BCUT2D eigenvalue weighted by Crippen LogP contribution is -2.44. The van der Waals surface area contributed by atoms with Gasteiger partial charge in [-0.15, -0.1) is 0 Å². The van der Waals surface area contributed by atoms with E-state index in [1.807, 2.05) is 0 Å². The van der Waals surface area contributed by atoms with Gasteiger partial charge in [-0.1, -0.05) is 12.1 Å². The maximum absolute atomic E-state index is 12.2. The number of benzene rings is 1. The van der Waals surface area contributed by atoms with E-state index in [1.54, 1.807) is 5.32 Å². The van der Waals surface area contributed by atoms with Crippen molar-refractivity contribution in [3.63, 3.8) is 0 Å². The Morgan fingerprint density at radius 1 is 1.29 bits per heavy atom. The molecule has 1 aromatic carbocycles. The van der Waals surface area contributed by atoms with E-state index < -0.39 is 35.4 Å². The number of nitro benzene ring substituents is 1. The fourth-order valence-electron chi connectivity index (χ4n) is 1.79. The Balaban J connectivity index is 2.54. The van der Waals surface area contributed by atoms with E-state index >= 15 is 0 Å². The van der Waals surface area contributed by atoms with Gasteiger partial charge in [-0.3, -0.25) is 14.9 Å². The SMILES string of the molecule is O=C(CCNc1ccccc1[N+](=O)[O-])NC(CC(F)(F)F)C(=O)O. The molecular formula is C13H14F3N3O5. The number of nitrogens with one attached hydrogen (secondary N) is 2. The predicted molar refractivity (Wildman–Crippen MR) is 76.4 cm³/mol. The topological polar surface area (TPSA) is 122 Å². The van der Waals surface area contributed by atoms with Gasteiger partial charge >= 0.3 is 12.1 Å². The van der Waals surface area contributed by atoms with Crippen LogP contribution in [0.1, 0.15) is 12.8 Å². The van der Waals surface area contributed by atoms with Crippen LogP contribution in [0.25, 0.3) is 0 Å². The summed E-state index contributed by atoms with van der Waals surface area (Å²) in [6.07, 6.45) is -6.78. The summed E-state index contributed by atoms with van der Waals surface area (Å²) in [7, 11) is 0. The molecule has 1 atom stereocenters. The highest BCUT2D eigenvalue weighted by molar-refractivity contribution is 5.83. The molecule has 132 valence electrons. The Hall–Kier alpha value is -2.85. The Bertz CT molecular complexity index is 621. The van der Waals surface area contributed by atoms with Crippen molar-refractivity contribution in [2.24, 2.45) is 0 Å². The van der Waals surface area contributed by atoms with Gasteiger partial charge in [-0.05, 0) is 6.07 Å². The van der Waals surface area contributed by atoms with Crippen molar-refractivity contribution < 1.29 is 32.8 Å². The maximum atomic E-state index is 12.2. The second-order valence-corrected chi connectivity index (χ2v) is 4.73. The Morgan fingerprint density at radius 2 is 1.92 bits per heavy atom. The molecule has 0 aliphatic carbocycles. The molecule has 0 aliphatic heterocycles. The third kappa shape index (κ3) is 6.50. The first-order valence-electron chi connectivity index (χ1n) is 6.66. The predicted octanol–water partition coefficient (Wildman–Crippen LogP) is 1.92. The van der Waals surface area contributed by atoms with Crippen LogP contribution in [0.3, 0.4) is 0 Å². The average molecular weight is 349 g/mol. The fourth-order valence-corrected chi connectivity index (χ4v) is 1.79. The normalized spacial score (nSPS) is 12.3. The largest absolute Gasteiger partial charge is 0.480 e.